The first-order valence-corrected chi connectivity index (χ1v) is 7.69. The Hall–Kier alpha value is -1.63. The standard InChI is InChI=1S/C11H12BrN3O4S/c1-7-4-8(12)5-9(20(14,17)18)11(7)19-6-10(16)15-3-2-13/h4-5H,3,6H2,1H3,(H,15,16)(H2,14,17,18). The van der Waals surface area contributed by atoms with Crippen molar-refractivity contribution >= 4 is 31.9 Å². The van der Waals surface area contributed by atoms with Gasteiger partial charge in [0.25, 0.3) is 5.91 Å². The monoisotopic (exact) mass is 361 g/mol. The molecule has 1 amide bonds. The summed E-state index contributed by atoms with van der Waals surface area (Å²) < 4.78 is 28.8. The highest BCUT2D eigenvalue weighted by atomic mass is 79.9. The van der Waals surface area contributed by atoms with Crippen molar-refractivity contribution < 1.29 is 17.9 Å². The number of nitrogens with two attached hydrogens (primary N) is 1. The minimum Gasteiger partial charge on any atom is -0.482 e. The van der Waals surface area contributed by atoms with Gasteiger partial charge in [-0.2, -0.15) is 5.26 Å². The number of ether oxygens (including phenoxy) is 1. The van der Waals surface area contributed by atoms with E-state index in [1.807, 2.05) is 0 Å². The lowest BCUT2D eigenvalue weighted by atomic mass is 10.2. The third-order valence-electron chi connectivity index (χ3n) is 2.22. The highest BCUT2D eigenvalue weighted by molar-refractivity contribution is 9.10. The molecule has 0 aliphatic heterocycles. The van der Waals surface area contributed by atoms with E-state index >= 15 is 0 Å². The average Bonchev–Trinajstić information content (AvgIpc) is 2.33. The second kappa shape index (κ2) is 6.69. The molecule has 0 saturated heterocycles. The zero-order chi connectivity index (χ0) is 15.3. The number of carbonyl (C=O) groups is 1. The summed E-state index contributed by atoms with van der Waals surface area (Å²) >= 11 is 3.16. The van der Waals surface area contributed by atoms with Gasteiger partial charge in [-0.15, -0.1) is 0 Å². The molecular weight excluding hydrogens is 350 g/mol. The summed E-state index contributed by atoms with van der Waals surface area (Å²) in [5.41, 5.74) is 0.511. The maximum atomic E-state index is 11.5. The number of hydrogen-bond donors (Lipinski definition) is 2. The topological polar surface area (TPSA) is 122 Å². The summed E-state index contributed by atoms with van der Waals surface area (Å²) in [6.07, 6.45) is 0. The minimum absolute atomic E-state index is 0.0165. The van der Waals surface area contributed by atoms with Gasteiger partial charge >= 0.3 is 0 Å². The van der Waals surface area contributed by atoms with E-state index in [-0.39, 0.29) is 17.2 Å². The minimum atomic E-state index is -3.98. The Bertz CT molecular complexity index is 667. The van der Waals surface area contributed by atoms with Crippen LogP contribution in [0.5, 0.6) is 5.75 Å². The van der Waals surface area contributed by atoms with Gasteiger partial charge in [-0.1, -0.05) is 15.9 Å². The van der Waals surface area contributed by atoms with Gasteiger partial charge in [0.15, 0.2) is 6.61 Å². The number of amides is 1. The average molecular weight is 362 g/mol. The number of sulfonamides is 1. The first-order chi connectivity index (χ1) is 9.25. The van der Waals surface area contributed by atoms with Crippen molar-refractivity contribution in [2.24, 2.45) is 5.14 Å². The molecule has 0 spiro atoms. The first-order valence-electron chi connectivity index (χ1n) is 5.35. The van der Waals surface area contributed by atoms with Gasteiger partial charge in [-0.25, -0.2) is 13.6 Å². The Morgan fingerprint density at radius 1 is 1.55 bits per heavy atom. The zero-order valence-corrected chi connectivity index (χ0v) is 12.9. The largest absolute Gasteiger partial charge is 0.482 e. The Balaban J connectivity index is 3.01. The second-order valence-electron chi connectivity index (χ2n) is 3.82. The molecule has 0 bridgehead atoms. The number of hydrogen-bond acceptors (Lipinski definition) is 5. The van der Waals surface area contributed by atoms with E-state index < -0.39 is 22.5 Å². The van der Waals surface area contributed by atoms with Crippen LogP contribution in [0.25, 0.3) is 0 Å². The van der Waals surface area contributed by atoms with Gasteiger partial charge in [-0.3, -0.25) is 4.79 Å². The fourth-order valence-electron chi connectivity index (χ4n) is 1.42. The van der Waals surface area contributed by atoms with Crippen LogP contribution in [0.3, 0.4) is 0 Å². The van der Waals surface area contributed by atoms with Gasteiger partial charge in [0.1, 0.15) is 17.2 Å². The molecule has 0 heterocycles. The van der Waals surface area contributed by atoms with Crippen LogP contribution in [0.4, 0.5) is 0 Å². The van der Waals surface area contributed by atoms with Crippen molar-refractivity contribution in [1.82, 2.24) is 5.32 Å². The van der Waals surface area contributed by atoms with E-state index in [9.17, 15) is 13.2 Å². The van der Waals surface area contributed by atoms with E-state index in [1.165, 1.54) is 6.07 Å². The summed E-state index contributed by atoms with van der Waals surface area (Å²) in [6.45, 7) is 1.07. The number of benzene rings is 1. The third-order valence-corrected chi connectivity index (χ3v) is 3.60. The number of primary sulfonamides is 1. The van der Waals surface area contributed by atoms with E-state index in [0.717, 1.165) is 0 Å². The van der Waals surface area contributed by atoms with Crippen molar-refractivity contribution in [2.75, 3.05) is 13.2 Å². The Labute approximate surface area is 124 Å². The van der Waals surface area contributed by atoms with Gasteiger partial charge in [0, 0.05) is 4.47 Å². The number of halogens is 1. The maximum absolute atomic E-state index is 11.5. The predicted molar refractivity (Wildman–Crippen MR) is 74.4 cm³/mol. The van der Waals surface area contributed by atoms with Crippen molar-refractivity contribution in [2.45, 2.75) is 11.8 Å². The number of nitrogens with zero attached hydrogens (tertiary/aromatic N) is 1. The molecule has 108 valence electrons. The molecule has 0 aromatic heterocycles. The predicted octanol–water partition coefficient (Wildman–Crippen LogP) is 0.423. The van der Waals surface area contributed by atoms with Crippen molar-refractivity contribution in [1.29, 1.82) is 5.26 Å². The summed E-state index contributed by atoms with van der Waals surface area (Å²) in [5.74, 6) is -0.517. The fourth-order valence-corrected chi connectivity index (χ4v) is 2.92. The molecule has 0 aliphatic rings. The van der Waals surface area contributed by atoms with Crippen LogP contribution in [-0.4, -0.2) is 27.5 Å². The fraction of sp³-hybridized carbons (Fsp3) is 0.273. The smallest absolute Gasteiger partial charge is 0.258 e. The van der Waals surface area contributed by atoms with Crippen molar-refractivity contribution in [3.63, 3.8) is 0 Å². The van der Waals surface area contributed by atoms with Crippen molar-refractivity contribution in [3.8, 4) is 11.8 Å². The molecule has 0 unspecified atom stereocenters. The summed E-state index contributed by atoms with van der Waals surface area (Å²) in [6, 6.07) is 4.67. The maximum Gasteiger partial charge on any atom is 0.258 e. The van der Waals surface area contributed by atoms with Crippen molar-refractivity contribution in [3.05, 3.63) is 22.2 Å². The van der Waals surface area contributed by atoms with Crippen LogP contribution in [0.2, 0.25) is 0 Å². The number of nitriles is 1. The van der Waals surface area contributed by atoms with E-state index in [0.29, 0.717) is 10.0 Å². The SMILES string of the molecule is Cc1cc(Br)cc(S(N)(=O)=O)c1OCC(=O)NCC#N. The van der Waals surface area contributed by atoms with Gasteiger partial charge in [0.2, 0.25) is 10.0 Å². The Morgan fingerprint density at radius 2 is 2.20 bits per heavy atom. The molecular formula is C11H12BrN3O4S. The van der Waals surface area contributed by atoms with Crippen LogP contribution in [0, 0.1) is 18.3 Å². The lowest BCUT2D eigenvalue weighted by Crippen LogP contribution is -2.29. The molecule has 0 fully saturated rings. The Morgan fingerprint density at radius 3 is 2.75 bits per heavy atom. The Kier molecular flexibility index (Phi) is 5.50. The number of rotatable bonds is 5. The molecule has 0 radical (unpaired) electrons. The van der Waals surface area contributed by atoms with E-state index in [4.69, 9.17) is 15.1 Å². The van der Waals surface area contributed by atoms with E-state index in [2.05, 4.69) is 21.2 Å². The number of nitrogens with one attached hydrogen (secondary N) is 1. The molecule has 0 atom stereocenters. The quantitative estimate of drug-likeness (QED) is 0.735. The van der Waals surface area contributed by atoms with Crippen LogP contribution in [0.15, 0.2) is 21.5 Å². The van der Waals surface area contributed by atoms with Gasteiger partial charge < -0.3 is 10.1 Å². The molecule has 20 heavy (non-hydrogen) atoms. The lowest BCUT2D eigenvalue weighted by Gasteiger charge is -2.13. The number of aryl methyl sites for hydroxylation is 1. The van der Waals surface area contributed by atoms with Gasteiger partial charge in [-0.05, 0) is 24.6 Å². The lowest BCUT2D eigenvalue weighted by molar-refractivity contribution is -0.122. The highest BCUT2D eigenvalue weighted by Gasteiger charge is 2.19. The van der Waals surface area contributed by atoms with Crippen LogP contribution in [-0.2, 0) is 14.8 Å². The molecule has 1 aromatic rings. The summed E-state index contributed by atoms with van der Waals surface area (Å²) in [7, 11) is -3.98. The molecule has 0 saturated carbocycles. The molecule has 1 rings (SSSR count). The molecule has 1 aromatic carbocycles. The molecule has 7 nitrogen and oxygen atoms in total. The third kappa shape index (κ3) is 4.48. The number of carbonyl (C=O) groups excluding carboxylic acids is 1. The van der Waals surface area contributed by atoms with Crippen LogP contribution in [0.1, 0.15) is 5.56 Å². The van der Waals surface area contributed by atoms with Crippen LogP contribution < -0.4 is 15.2 Å². The van der Waals surface area contributed by atoms with E-state index in [1.54, 1.807) is 19.1 Å². The second-order valence-corrected chi connectivity index (χ2v) is 6.26. The highest BCUT2D eigenvalue weighted by Crippen LogP contribution is 2.30. The van der Waals surface area contributed by atoms with Crippen LogP contribution >= 0.6 is 15.9 Å². The summed E-state index contributed by atoms with van der Waals surface area (Å²) in [5, 5.41) is 15.7. The molecule has 9 heteroatoms. The molecule has 3 N–H and O–H groups in total. The zero-order valence-electron chi connectivity index (χ0n) is 10.5. The summed E-state index contributed by atoms with van der Waals surface area (Å²) in [4.78, 5) is 11.1. The molecule has 0 aliphatic carbocycles. The van der Waals surface area contributed by atoms with Gasteiger partial charge in [0.05, 0.1) is 6.07 Å². The normalized spacial score (nSPS) is 10.7. The first kappa shape index (κ1) is 16.4.